The van der Waals surface area contributed by atoms with E-state index in [2.05, 4.69) is 9.02 Å². The smallest absolute Gasteiger partial charge is 0.724 e. The van der Waals surface area contributed by atoms with Crippen molar-refractivity contribution in [2.24, 2.45) is 0 Å². The molecule has 1 aliphatic rings. The van der Waals surface area contributed by atoms with Gasteiger partial charge < -0.3 is 9.29 Å². The third-order valence-corrected chi connectivity index (χ3v) is 5.60. The van der Waals surface area contributed by atoms with Gasteiger partial charge in [0.2, 0.25) is 16.8 Å². The Morgan fingerprint density at radius 3 is 2.45 bits per heavy atom. The van der Waals surface area contributed by atoms with Crippen molar-refractivity contribution < 1.29 is 65.5 Å². The van der Waals surface area contributed by atoms with Crippen LogP contribution in [0.15, 0.2) is 29.6 Å². The first-order chi connectivity index (χ1) is 14.2. The summed E-state index contributed by atoms with van der Waals surface area (Å²) in [6.07, 6.45) is 0.181. The number of fused-ring (bicyclic) bond motifs is 1. The Hall–Kier alpha value is -1.38. The van der Waals surface area contributed by atoms with Crippen LogP contribution in [0.3, 0.4) is 0 Å². The molecule has 2 aromatic rings. The number of rotatable bonds is 7. The van der Waals surface area contributed by atoms with Crippen molar-refractivity contribution >= 4 is 34.6 Å². The SMILES string of the molecule is CCOC=O.CN1Cc2c(-c3ccc(F)cc3)csc2[C@@H](N(C=O)OS(=O)(=O)[O-])C1.[Na+]. The Bertz CT molecular complexity index is 970. The number of halogens is 1. The third-order valence-electron chi connectivity index (χ3n) is 4.12. The molecule has 1 aromatic carbocycles. The second-order valence-electron chi connectivity index (χ2n) is 6.21. The largest absolute Gasteiger partial charge is 1.00 e. The third kappa shape index (κ3) is 7.91. The molecule has 1 aliphatic heterocycles. The number of hydroxylamine groups is 2. The molecule has 1 aromatic heterocycles. The average Bonchev–Trinajstić information content (AvgIpc) is 3.10. The number of carbonyl (C=O) groups excluding carboxylic acids is 2. The van der Waals surface area contributed by atoms with Crippen LogP contribution in [0, 0.1) is 5.82 Å². The fraction of sp³-hybridized carbons (Fsp3) is 0.333. The second-order valence-corrected chi connectivity index (χ2v) is 8.09. The van der Waals surface area contributed by atoms with Gasteiger partial charge in [-0.05, 0) is 48.2 Å². The Morgan fingerprint density at radius 1 is 1.32 bits per heavy atom. The molecule has 13 heteroatoms. The number of ether oxygens (including phenoxy) is 1. The van der Waals surface area contributed by atoms with E-state index in [0.29, 0.717) is 31.2 Å². The topological polar surface area (TPSA) is 116 Å². The van der Waals surface area contributed by atoms with E-state index < -0.39 is 16.4 Å². The minimum atomic E-state index is -5.07. The Kier molecular flexibility index (Phi) is 11.2. The molecule has 3 rings (SSSR count). The Labute approximate surface area is 205 Å². The molecule has 1 amide bonds. The van der Waals surface area contributed by atoms with E-state index in [1.54, 1.807) is 26.1 Å². The van der Waals surface area contributed by atoms with Crippen LogP contribution in [0.4, 0.5) is 4.39 Å². The van der Waals surface area contributed by atoms with Gasteiger partial charge in [-0.25, -0.2) is 12.8 Å². The van der Waals surface area contributed by atoms with Gasteiger partial charge in [-0.2, -0.15) is 9.35 Å². The summed E-state index contributed by atoms with van der Waals surface area (Å²) in [4.78, 5) is 23.0. The molecule has 0 saturated heterocycles. The van der Waals surface area contributed by atoms with E-state index >= 15 is 0 Å². The minimum absolute atomic E-state index is 0. The average molecular weight is 482 g/mol. The second kappa shape index (κ2) is 12.6. The van der Waals surface area contributed by atoms with E-state index in [0.717, 1.165) is 21.6 Å². The summed E-state index contributed by atoms with van der Waals surface area (Å²) in [6.45, 7) is 3.54. The van der Waals surface area contributed by atoms with Crippen molar-refractivity contribution in [3.8, 4) is 11.1 Å². The van der Waals surface area contributed by atoms with E-state index in [1.807, 2.05) is 10.3 Å². The van der Waals surface area contributed by atoms with Gasteiger partial charge in [-0.1, -0.05) is 12.1 Å². The summed E-state index contributed by atoms with van der Waals surface area (Å²) in [6, 6.07) is 5.28. The number of nitrogens with zero attached hydrogens (tertiary/aromatic N) is 2. The zero-order chi connectivity index (χ0) is 22.3. The van der Waals surface area contributed by atoms with Gasteiger partial charge in [0, 0.05) is 18.0 Å². The number of benzene rings is 1. The van der Waals surface area contributed by atoms with E-state index in [9.17, 15) is 27.0 Å². The van der Waals surface area contributed by atoms with Crippen LogP contribution in [0.1, 0.15) is 23.4 Å². The molecular formula is C18H20FN2NaO7S2. The first-order valence-corrected chi connectivity index (χ1v) is 10.9. The van der Waals surface area contributed by atoms with Crippen LogP contribution in [0.2, 0.25) is 0 Å². The summed E-state index contributed by atoms with van der Waals surface area (Å²) >= 11 is 1.33. The molecule has 0 fully saturated rings. The molecule has 9 nitrogen and oxygen atoms in total. The van der Waals surface area contributed by atoms with Gasteiger partial charge in [0.15, 0.2) is 0 Å². The van der Waals surface area contributed by atoms with Crippen molar-refractivity contribution in [3.05, 3.63) is 45.9 Å². The molecule has 1 atom stereocenters. The zero-order valence-corrected chi connectivity index (χ0v) is 20.8. The van der Waals surface area contributed by atoms with Gasteiger partial charge >= 0.3 is 29.6 Å². The first-order valence-electron chi connectivity index (χ1n) is 8.69. The van der Waals surface area contributed by atoms with Crippen molar-refractivity contribution in [3.63, 3.8) is 0 Å². The molecule has 31 heavy (non-hydrogen) atoms. The van der Waals surface area contributed by atoms with Gasteiger partial charge in [0.1, 0.15) is 11.9 Å². The fourth-order valence-electron chi connectivity index (χ4n) is 2.94. The standard InChI is InChI=1S/C15H15FN2O5S2.C3H6O2.Na/c1-17-6-12-13(10-2-4-11(16)5-3-10)8-24-15(12)14(7-17)18(9-19)23-25(20,21)22;1-2-5-3-4;/h2-5,8-9,14H,6-7H2,1H3,(H,20,21,22);3H,2H2,1H3;/q;;+1/p-1/t14-;;/m0../s1. The fourth-order valence-corrected chi connectivity index (χ4v) is 4.46. The van der Waals surface area contributed by atoms with Crippen LogP contribution in [-0.2, 0) is 35.6 Å². The maximum Gasteiger partial charge on any atom is 1.00 e. The van der Waals surface area contributed by atoms with E-state index in [1.165, 1.54) is 23.5 Å². The van der Waals surface area contributed by atoms with Crippen LogP contribution < -0.4 is 29.6 Å². The van der Waals surface area contributed by atoms with Crippen LogP contribution in [0.25, 0.3) is 11.1 Å². The van der Waals surface area contributed by atoms with Gasteiger partial charge in [-0.3, -0.25) is 14.5 Å². The van der Waals surface area contributed by atoms with Crippen LogP contribution in [0.5, 0.6) is 0 Å². The van der Waals surface area contributed by atoms with Crippen molar-refractivity contribution in [1.82, 2.24) is 9.96 Å². The first kappa shape index (κ1) is 27.7. The molecule has 164 valence electrons. The quantitative estimate of drug-likeness (QED) is 0.164. The molecule has 0 N–H and O–H groups in total. The summed E-state index contributed by atoms with van der Waals surface area (Å²) < 4.78 is 54.2. The van der Waals surface area contributed by atoms with Crippen LogP contribution >= 0.6 is 11.3 Å². The van der Waals surface area contributed by atoms with E-state index in [-0.39, 0.29) is 41.8 Å². The molecule has 0 aliphatic carbocycles. The molecular weight excluding hydrogens is 462 g/mol. The predicted molar refractivity (Wildman–Crippen MR) is 105 cm³/mol. The number of hydrogen-bond acceptors (Lipinski definition) is 9. The van der Waals surface area contributed by atoms with E-state index in [4.69, 9.17) is 0 Å². The summed E-state index contributed by atoms with van der Waals surface area (Å²) in [5.74, 6) is -0.343. The molecule has 0 spiro atoms. The number of carbonyl (C=O) groups is 2. The number of likely N-dealkylation sites (N-methyl/N-ethyl adjacent to an activating group) is 1. The summed E-state index contributed by atoms with van der Waals surface area (Å²) in [7, 11) is -3.26. The maximum absolute atomic E-state index is 13.1. The minimum Gasteiger partial charge on any atom is -0.724 e. The molecule has 2 heterocycles. The predicted octanol–water partition coefficient (Wildman–Crippen LogP) is -0.926. The zero-order valence-electron chi connectivity index (χ0n) is 17.2. The molecule has 0 unspecified atom stereocenters. The van der Waals surface area contributed by atoms with Gasteiger partial charge in [0.05, 0.1) is 6.61 Å². The van der Waals surface area contributed by atoms with Crippen molar-refractivity contribution in [2.75, 3.05) is 20.2 Å². The van der Waals surface area contributed by atoms with Crippen LogP contribution in [-0.4, -0.2) is 56.0 Å². The summed E-state index contributed by atoms with van der Waals surface area (Å²) in [5.41, 5.74) is 2.56. The normalized spacial score (nSPS) is 15.5. The van der Waals surface area contributed by atoms with Crippen molar-refractivity contribution in [2.45, 2.75) is 19.5 Å². The number of amides is 1. The maximum atomic E-state index is 13.1. The molecule has 0 radical (unpaired) electrons. The number of hydrogen-bond donors (Lipinski definition) is 0. The monoisotopic (exact) mass is 482 g/mol. The molecule has 0 bridgehead atoms. The Morgan fingerprint density at radius 2 is 1.97 bits per heavy atom. The summed E-state index contributed by atoms with van der Waals surface area (Å²) in [5, 5.41) is 2.39. The van der Waals surface area contributed by atoms with Gasteiger partial charge in [-0.15, -0.1) is 11.3 Å². The number of thiophene rings is 1. The van der Waals surface area contributed by atoms with Crippen molar-refractivity contribution in [1.29, 1.82) is 0 Å². The Balaban J connectivity index is 0.000000721. The molecule has 0 saturated carbocycles. The van der Waals surface area contributed by atoms with Gasteiger partial charge in [0.25, 0.3) is 6.47 Å².